The largest absolute Gasteiger partial charge is 0.370 e. The molecule has 0 saturated carbocycles. The molecule has 0 saturated heterocycles. The molecule has 2 aromatic rings. The predicted molar refractivity (Wildman–Crippen MR) is 90.2 cm³/mol. The number of hydrogen-bond donors (Lipinski definition) is 2. The van der Waals surface area contributed by atoms with Gasteiger partial charge in [-0.2, -0.15) is 4.99 Å². The topological polar surface area (TPSA) is 81.5 Å². The summed E-state index contributed by atoms with van der Waals surface area (Å²) in [6.07, 6.45) is 0.403. The maximum Gasteiger partial charge on any atom is 0.256 e. The average molecular weight is 336 g/mol. The standard InChI is InChI=1S/C16H15Cl2N3O/c17-11-5-3-4-10(8-11)9-13(15(22)21-16(19)20)12-6-1-2-7-14(12)18/h1-8,13H,9H2,(H4,19,20,21,22)/t13-/m0/s1. The maximum absolute atomic E-state index is 12.4. The second kappa shape index (κ2) is 7.29. The van der Waals surface area contributed by atoms with E-state index in [4.69, 9.17) is 34.7 Å². The lowest BCUT2D eigenvalue weighted by atomic mass is 9.91. The molecule has 0 aromatic heterocycles. The Hall–Kier alpha value is -2.04. The fourth-order valence-corrected chi connectivity index (χ4v) is 2.67. The summed E-state index contributed by atoms with van der Waals surface area (Å²) in [5.74, 6) is -1.28. The van der Waals surface area contributed by atoms with Gasteiger partial charge in [-0.1, -0.05) is 53.5 Å². The molecule has 2 aromatic carbocycles. The van der Waals surface area contributed by atoms with E-state index in [-0.39, 0.29) is 5.96 Å². The highest BCUT2D eigenvalue weighted by molar-refractivity contribution is 6.31. The Labute approximate surface area is 138 Å². The Morgan fingerprint density at radius 2 is 1.82 bits per heavy atom. The number of amides is 1. The molecule has 22 heavy (non-hydrogen) atoms. The third-order valence-corrected chi connectivity index (χ3v) is 3.73. The highest BCUT2D eigenvalue weighted by atomic mass is 35.5. The normalized spacial score (nSPS) is 11.7. The average Bonchev–Trinajstić information content (AvgIpc) is 2.45. The number of guanidine groups is 1. The molecular formula is C16H15Cl2N3O. The smallest absolute Gasteiger partial charge is 0.256 e. The van der Waals surface area contributed by atoms with Gasteiger partial charge in [-0.05, 0) is 35.7 Å². The molecule has 6 heteroatoms. The van der Waals surface area contributed by atoms with Crippen LogP contribution >= 0.6 is 23.2 Å². The van der Waals surface area contributed by atoms with E-state index in [1.165, 1.54) is 0 Å². The molecular weight excluding hydrogens is 321 g/mol. The summed E-state index contributed by atoms with van der Waals surface area (Å²) in [7, 11) is 0. The van der Waals surface area contributed by atoms with E-state index in [0.29, 0.717) is 22.0 Å². The Morgan fingerprint density at radius 1 is 1.09 bits per heavy atom. The van der Waals surface area contributed by atoms with Crippen molar-refractivity contribution in [3.8, 4) is 0 Å². The lowest BCUT2D eigenvalue weighted by molar-refractivity contribution is -0.119. The quantitative estimate of drug-likeness (QED) is 0.665. The summed E-state index contributed by atoms with van der Waals surface area (Å²) in [6.45, 7) is 0. The fourth-order valence-electron chi connectivity index (χ4n) is 2.19. The van der Waals surface area contributed by atoms with E-state index in [1.54, 1.807) is 30.3 Å². The number of carbonyl (C=O) groups excluding carboxylic acids is 1. The van der Waals surface area contributed by atoms with Crippen LogP contribution in [0.1, 0.15) is 17.0 Å². The minimum Gasteiger partial charge on any atom is -0.370 e. The van der Waals surface area contributed by atoms with Crippen LogP contribution in [0.25, 0.3) is 0 Å². The van der Waals surface area contributed by atoms with Crippen molar-refractivity contribution in [1.29, 1.82) is 0 Å². The number of nitrogens with two attached hydrogens (primary N) is 2. The van der Waals surface area contributed by atoms with Gasteiger partial charge in [-0.15, -0.1) is 0 Å². The molecule has 0 fully saturated rings. The van der Waals surface area contributed by atoms with E-state index in [9.17, 15) is 4.79 Å². The highest BCUT2D eigenvalue weighted by Gasteiger charge is 2.23. The zero-order valence-corrected chi connectivity index (χ0v) is 13.2. The van der Waals surface area contributed by atoms with Crippen LogP contribution in [0.3, 0.4) is 0 Å². The SMILES string of the molecule is NC(N)=NC(=O)[C@@H](Cc1cccc(Cl)c1)c1ccccc1Cl. The van der Waals surface area contributed by atoms with Crippen molar-refractivity contribution >= 4 is 35.1 Å². The second-order valence-corrected chi connectivity index (χ2v) is 5.63. The van der Waals surface area contributed by atoms with Gasteiger partial charge in [0.2, 0.25) is 0 Å². The number of hydrogen-bond acceptors (Lipinski definition) is 1. The molecule has 1 amide bonds. The molecule has 0 aliphatic rings. The number of halogens is 2. The van der Waals surface area contributed by atoms with Gasteiger partial charge in [0.05, 0.1) is 5.92 Å². The number of rotatable bonds is 4. The molecule has 0 spiro atoms. The van der Waals surface area contributed by atoms with Crippen molar-refractivity contribution in [1.82, 2.24) is 0 Å². The third kappa shape index (κ3) is 4.23. The van der Waals surface area contributed by atoms with Crippen LogP contribution in [0.4, 0.5) is 0 Å². The van der Waals surface area contributed by atoms with Crippen LogP contribution in [0.15, 0.2) is 53.5 Å². The molecule has 2 rings (SSSR count). The summed E-state index contributed by atoms with van der Waals surface area (Å²) < 4.78 is 0. The summed E-state index contributed by atoms with van der Waals surface area (Å²) in [5.41, 5.74) is 12.2. The van der Waals surface area contributed by atoms with E-state index >= 15 is 0 Å². The lowest BCUT2D eigenvalue weighted by Crippen LogP contribution is -2.26. The van der Waals surface area contributed by atoms with Crippen LogP contribution < -0.4 is 11.5 Å². The first-order valence-corrected chi connectivity index (χ1v) is 7.35. The first-order chi connectivity index (χ1) is 10.5. The van der Waals surface area contributed by atoms with Gasteiger partial charge in [0, 0.05) is 10.0 Å². The monoisotopic (exact) mass is 335 g/mol. The van der Waals surface area contributed by atoms with Crippen molar-refractivity contribution in [2.75, 3.05) is 0 Å². The van der Waals surface area contributed by atoms with Gasteiger partial charge in [0.15, 0.2) is 5.96 Å². The van der Waals surface area contributed by atoms with Crippen molar-refractivity contribution < 1.29 is 4.79 Å². The fraction of sp³-hybridized carbons (Fsp3) is 0.125. The van der Waals surface area contributed by atoms with Crippen LogP contribution in [0.2, 0.25) is 10.0 Å². The van der Waals surface area contributed by atoms with E-state index in [1.807, 2.05) is 18.2 Å². The Balaban J connectivity index is 2.40. The summed E-state index contributed by atoms with van der Waals surface area (Å²) >= 11 is 12.2. The van der Waals surface area contributed by atoms with Gasteiger partial charge < -0.3 is 11.5 Å². The summed E-state index contributed by atoms with van der Waals surface area (Å²) in [5, 5.41) is 1.10. The van der Waals surface area contributed by atoms with Gasteiger partial charge in [-0.25, -0.2) is 0 Å². The lowest BCUT2D eigenvalue weighted by Gasteiger charge is -2.16. The minimum absolute atomic E-state index is 0.270. The first-order valence-electron chi connectivity index (χ1n) is 6.59. The van der Waals surface area contributed by atoms with Gasteiger partial charge in [-0.3, -0.25) is 4.79 Å². The molecule has 114 valence electrons. The van der Waals surface area contributed by atoms with Gasteiger partial charge >= 0.3 is 0 Å². The van der Waals surface area contributed by atoms with Crippen LogP contribution in [-0.4, -0.2) is 11.9 Å². The molecule has 0 radical (unpaired) electrons. The molecule has 0 aliphatic heterocycles. The van der Waals surface area contributed by atoms with E-state index in [2.05, 4.69) is 4.99 Å². The van der Waals surface area contributed by atoms with Crippen molar-refractivity contribution in [2.24, 2.45) is 16.5 Å². The molecule has 4 N–H and O–H groups in total. The van der Waals surface area contributed by atoms with Crippen LogP contribution in [0, 0.1) is 0 Å². The highest BCUT2D eigenvalue weighted by Crippen LogP contribution is 2.29. The molecule has 4 nitrogen and oxygen atoms in total. The van der Waals surface area contributed by atoms with E-state index < -0.39 is 11.8 Å². The predicted octanol–water partition coefficient (Wildman–Crippen LogP) is 3.12. The first kappa shape index (κ1) is 16.3. The Morgan fingerprint density at radius 3 is 2.45 bits per heavy atom. The van der Waals surface area contributed by atoms with Crippen LogP contribution in [0.5, 0.6) is 0 Å². The van der Waals surface area contributed by atoms with Crippen molar-refractivity contribution in [3.63, 3.8) is 0 Å². The van der Waals surface area contributed by atoms with Crippen molar-refractivity contribution in [2.45, 2.75) is 12.3 Å². The number of benzene rings is 2. The third-order valence-electron chi connectivity index (χ3n) is 3.15. The molecule has 0 aliphatic carbocycles. The van der Waals surface area contributed by atoms with Crippen LogP contribution in [-0.2, 0) is 11.2 Å². The number of nitrogens with zero attached hydrogens (tertiary/aromatic N) is 1. The molecule has 0 heterocycles. The Kier molecular flexibility index (Phi) is 5.41. The van der Waals surface area contributed by atoms with Gasteiger partial charge in [0.1, 0.15) is 0 Å². The summed E-state index contributed by atoms with van der Waals surface area (Å²) in [4.78, 5) is 16.0. The molecule has 1 atom stereocenters. The zero-order chi connectivity index (χ0) is 16.1. The van der Waals surface area contributed by atoms with E-state index in [0.717, 1.165) is 5.56 Å². The summed E-state index contributed by atoms with van der Waals surface area (Å²) in [6, 6.07) is 14.4. The van der Waals surface area contributed by atoms with Gasteiger partial charge in [0.25, 0.3) is 5.91 Å². The second-order valence-electron chi connectivity index (χ2n) is 4.78. The number of carbonyl (C=O) groups is 1. The van der Waals surface area contributed by atoms with Crippen molar-refractivity contribution in [3.05, 3.63) is 69.7 Å². The maximum atomic E-state index is 12.4. The molecule has 0 unspecified atom stereocenters. The zero-order valence-electron chi connectivity index (χ0n) is 11.7. The Bertz CT molecular complexity index is 712. The molecule has 0 bridgehead atoms. The number of aliphatic imine (C=N–C) groups is 1. The minimum atomic E-state index is -0.575.